The zero-order chi connectivity index (χ0) is 24.1. The van der Waals surface area contributed by atoms with E-state index in [-0.39, 0.29) is 18.1 Å². The lowest BCUT2D eigenvalue weighted by molar-refractivity contribution is -0.143. The molecule has 0 aliphatic heterocycles. The molecule has 0 fully saturated rings. The highest BCUT2D eigenvalue weighted by molar-refractivity contribution is 7.98. The molecule has 0 heterocycles. The average molecular weight is 481 g/mol. The molecule has 0 saturated carbocycles. The monoisotopic (exact) mass is 480 g/mol. The predicted molar refractivity (Wildman–Crippen MR) is 120 cm³/mol. The largest absolute Gasteiger partial charge is 0.481 e. The lowest BCUT2D eigenvalue weighted by Gasteiger charge is -2.25. The number of carbonyl (C=O) groups excluding carboxylic acids is 3. The first kappa shape index (κ1) is 29.0. The zero-order valence-electron chi connectivity index (χ0n) is 17.8. The molecule has 0 radical (unpaired) electrons. The SMILES string of the molecule is CSCCC(N)C(=O)NC(CC(=O)O)C(=O)NC(CC(C)C)C(=O)NC(CS)C(=O)O. The molecule has 0 aromatic rings. The number of thioether (sulfide) groups is 1. The van der Waals surface area contributed by atoms with Gasteiger partial charge < -0.3 is 31.9 Å². The third-order valence-electron chi connectivity index (χ3n) is 4.12. The molecular weight excluding hydrogens is 448 g/mol. The number of aliphatic carboxylic acids is 2. The Morgan fingerprint density at radius 1 is 0.935 bits per heavy atom. The number of carboxylic acids is 2. The van der Waals surface area contributed by atoms with Crippen molar-refractivity contribution in [3.8, 4) is 0 Å². The predicted octanol–water partition coefficient (Wildman–Crippen LogP) is -0.944. The highest BCUT2D eigenvalue weighted by Crippen LogP contribution is 2.07. The summed E-state index contributed by atoms with van der Waals surface area (Å²) >= 11 is 5.36. The van der Waals surface area contributed by atoms with Crippen LogP contribution in [0.1, 0.15) is 33.1 Å². The van der Waals surface area contributed by atoms with E-state index in [4.69, 9.17) is 15.9 Å². The van der Waals surface area contributed by atoms with E-state index in [1.165, 1.54) is 11.8 Å². The summed E-state index contributed by atoms with van der Waals surface area (Å²) in [6.45, 7) is 3.59. The molecule has 3 amide bonds. The third-order valence-corrected chi connectivity index (χ3v) is 5.13. The summed E-state index contributed by atoms with van der Waals surface area (Å²) in [6, 6.07) is -4.76. The Hall–Kier alpha value is -1.99. The smallest absolute Gasteiger partial charge is 0.327 e. The van der Waals surface area contributed by atoms with E-state index < -0.39 is 60.2 Å². The molecule has 13 heteroatoms. The van der Waals surface area contributed by atoms with Crippen molar-refractivity contribution in [1.29, 1.82) is 0 Å². The van der Waals surface area contributed by atoms with Crippen LogP contribution in [-0.4, -0.2) is 81.8 Å². The number of thiol groups is 1. The van der Waals surface area contributed by atoms with Gasteiger partial charge in [-0.25, -0.2) is 4.79 Å². The van der Waals surface area contributed by atoms with Crippen LogP contribution in [0, 0.1) is 5.92 Å². The number of hydrogen-bond donors (Lipinski definition) is 7. The number of carbonyl (C=O) groups is 5. The van der Waals surface area contributed by atoms with E-state index in [0.717, 1.165) is 0 Å². The van der Waals surface area contributed by atoms with Crippen molar-refractivity contribution in [2.45, 2.75) is 57.3 Å². The molecule has 0 aromatic carbocycles. The molecule has 4 atom stereocenters. The lowest BCUT2D eigenvalue weighted by atomic mass is 10.0. The standard InChI is InChI=1S/C18H32N4O7S2/c1-9(2)6-11(16(26)22-13(8-30)18(28)29)21-17(27)12(7-14(23)24)20-15(25)10(19)4-5-31-3/h9-13,30H,4-8,19H2,1-3H3,(H,20,25)(H,21,27)(H,22,26)(H,23,24)(H,28,29). The van der Waals surface area contributed by atoms with Crippen LogP contribution in [-0.2, 0) is 24.0 Å². The second-order valence-corrected chi connectivity index (χ2v) is 8.67. The number of amides is 3. The molecule has 0 spiro atoms. The molecule has 178 valence electrons. The quantitative estimate of drug-likeness (QED) is 0.145. The first-order valence-electron chi connectivity index (χ1n) is 9.63. The number of nitrogens with one attached hydrogen (secondary N) is 3. The fourth-order valence-electron chi connectivity index (χ4n) is 2.47. The normalized spacial score (nSPS) is 14.8. The van der Waals surface area contributed by atoms with Gasteiger partial charge in [0.15, 0.2) is 0 Å². The van der Waals surface area contributed by atoms with Gasteiger partial charge in [0.25, 0.3) is 0 Å². The van der Waals surface area contributed by atoms with Crippen molar-refractivity contribution in [3.05, 3.63) is 0 Å². The Labute approximate surface area is 191 Å². The molecule has 0 aliphatic rings. The molecule has 11 nitrogen and oxygen atoms in total. The van der Waals surface area contributed by atoms with Gasteiger partial charge in [-0.3, -0.25) is 19.2 Å². The Morgan fingerprint density at radius 3 is 1.90 bits per heavy atom. The average Bonchev–Trinajstić information content (AvgIpc) is 2.67. The van der Waals surface area contributed by atoms with Crippen molar-refractivity contribution in [2.75, 3.05) is 17.8 Å². The van der Waals surface area contributed by atoms with Crippen molar-refractivity contribution >= 4 is 54.1 Å². The maximum absolute atomic E-state index is 12.7. The summed E-state index contributed by atoms with van der Waals surface area (Å²) < 4.78 is 0. The van der Waals surface area contributed by atoms with E-state index in [0.29, 0.717) is 12.2 Å². The summed E-state index contributed by atoms with van der Waals surface area (Å²) in [5, 5.41) is 25.2. The minimum Gasteiger partial charge on any atom is -0.481 e. The number of hydrogen-bond acceptors (Lipinski definition) is 8. The molecule has 0 rings (SSSR count). The highest BCUT2D eigenvalue weighted by Gasteiger charge is 2.31. The van der Waals surface area contributed by atoms with Crippen molar-refractivity contribution in [3.63, 3.8) is 0 Å². The van der Waals surface area contributed by atoms with Crippen LogP contribution < -0.4 is 21.7 Å². The van der Waals surface area contributed by atoms with Gasteiger partial charge in [0.2, 0.25) is 17.7 Å². The van der Waals surface area contributed by atoms with Crippen molar-refractivity contribution < 1.29 is 34.2 Å². The van der Waals surface area contributed by atoms with Crippen LogP contribution in [0.15, 0.2) is 0 Å². The number of carboxylic acid groups (broad SMARTS) is 2. The first-order valence-corrected chi connectivity index (χ1v) is 11.7. The summed E-state index contributed by atoms with van der Waals surface area (Å²) in [4.78, 5) is 59.8. The maximum Gasteiger partial charge on any atom is 0.327 e. The van der Waals surface area contributed by atoms with Crippen LogP contribution in [0.3, 0.4) is 0 Å². The second-order valence-electron chi connectivity index (χ2n) is 7.32. The summed E-state index contributed by atoms with van der Waals surface area (Å²) in [5.41, 5.74) is 5.76. The van der Waals surface area contributed by atoms with Crippen molar-refractivity contribution in [2.24, 2.45) is 11.7 Å². The first-order chi connectivity index (χ1) is 14.4. The molecule has 31 heavy (non-hydrogen) atoms. The Bertz CT molecular complexity index is 648. The molecule has 4 unspecified atom stereocenters. The molecular formula is C18H32N4O7S2. The zero-order valence-corrected chi connectivity index (χ0v) is 19.5. The van der Waals surface area contributed by atoms with Crippen LogP contribution >= 0.6 is 24.4 Å². The van der Waals surface area contributed by atoms with Gasteiger partial charge in [0, 0.05) is 5.75 Å². The van der Waals surface area contributed by atoms with Crippen LogP contribution in [0.5, 0.6) is 0 Å². The Balaban J connectivity index is 5.38. The van der Waals surface area contributed by atoms with Gasteiger partial charge in [0.1, 0.15) is 18.1 Å². The minimum atomic E-state index is -1.45. The maximum atomic E-state index is 12.7. The van der Waals surface area contributed by atoms with Gasteiger partial charge in [-0.05, 0) is 30.8 Å². The highest BCUT2D eigenvalue weighted by atomic mass is 32.2. The lowest BCUT2D eigenvalue weighted by Crippen LogP contribution is -2.58. The number of nitrogens with two attached hydrogens (primary N) is 1. The van der Waals surface area contributed by atoms with Gasteiger partial charge >= 0.3 is 11.9 Å². The molecule has 0 saturated heterocycles. The number of rotatable bonds is 15. The van der Waals surface area contributed by atoms with E-state index >= 15 is 0 Å². The van der Waals surface area contributed by atoms with E-state index in [1.54, 1.807) is 13.8 Å². The van der Waals surface area contributed by atoms with Gasteiger partial charge in [-0.2, -0.15) is 24.4 Å². The summed E-state index contributed by atoms with van der Waals surface area (Å²) in [7, 11) is 0. The summed E-state index contributed by atoms with van der Waals surface area (Å²) in [6.07, 6.45) is 1.63. The van der Waals surface area contributed by atoms with Crippen molar-refractivity contribution in [1.82, 2.24) is 16.0 Å². The molecule has 0 bridgehead atoms. The van der Waals surface area contributed by atoms with Gasteiger partial charge in [-0.15, -0.1) is 0 Å². The molecule has 0 aliphatic carbocycles. The van der Waals surface area contributed by atoms with E-state index in [2.05, 4.69) is 28.6 Å². The fraction of sp³-hybridized carbons (Fsp3) is 0.722. The van der Waals surface area contributed by atoms with Crippen LogP contribution in [0.4, 0.5) is 0 Å². The van der Waals surface area contributed by atoms with Crippen LogP contribution in [0.2, 0.25) is 0 Å². The van der Waals surface area contributed by atoms with E-state index in [9.17, 15) is 24.0 Å². The van der Waals surface area contributed by atoms with E-state index in [1.807, 2.05) is 6.26 Å². The Morgan fingerprint density at radius 2 is 1.45 bits per heavy atom. The molecule has 7 N–H and O–H groups in total. The summed E-state index contributed by atoms with van der Waals surface area (Å²) in [5.74, 6) is -4.53. The fourth-order valence-corrected chi connectivity index (χ4v) is 3.21. The third kappa shape index (κ3) is 11.8. The Kier molecular flexibility index (Phi) is 14.0. The molecule has 0 aromatic heterocycles. The van der Waals surface area contributed by atoms with Crippen LogP contribution in [0.25, 0.3) is 0 Å². The minimum absolute atomic E-state index is 0.0530. The topological polar surface area (TPSA) is 188 Å². The second kappa shape index (κ2) is 14.9. The van der Waals surface area contributed by atoms with Gasteiger partial charge in [0.05, 0.1) is 12.5 Å². The van der Waals surface area contributed by atoms with Gasteiger partial charge in [-0.1, -0.05) is 13.8 Å².